The van der Waals surface area contributed by atoms with Crippen LogP contribution in [-0.2, 0) is 16.0 Å². The highest BCUT2D eigenvalue weighted by molar-refractivity contribution is 7.15. The first-order chi connectivity index (χ1) is 13.5. The van der Waals surface area contributed by atoms with Gasteiger partial charge in [-0.05, 0) is 12.1 Å². The Morgan fingerprint density at radius 3 is 2.36 bits per heavy atom. The molecule has 0 saturated carbocycles. The summed E-state index contributed by atoms with van der Waals surface area (Å²) in [5, 5.41) is 15.0. The zero-order chi connectivity index (χ0) is 20.5. The molecule has 11 heteroatoms. The van der Waals surface area contributed by atoms with Gasteiger partial charge in [0.1, 0.15) is 5.01 Å². The number of benzene rings is 1. The van der Waals surface area contributed by atoms with Crippen LogP contribution < -0.4 is 25.0 Å². The minimum atomic E-state index is -0.367. The molecule has 1 aromatic heterocycles. The van der Waals surface area contributed by atoms with E-state index in [1.807, 2.05) is 0 Å². The van der Waals surface area contributed by atoms with Gasteiger partial charge in [0.25, 0.3) is 0 Å². The van der Waals surface area contributed by atoms with E-state index in [2.05, 4.69) is 26.0 Å². The van der Waals surface area contributed by atoms with Crippen molar-refractivity contribution >= 4 is 34.5 Å². The monoisotopic (exact) mass is 407 g/mol. The van der Waals surface area contributed by atoms with Crippen LogP contribution in [0.4, 0.5) is 5.13 Å². The van der Waals surface area contributed by atoms with E-state index in [0.29, 0.717) is 39.4 Å². The zero-order valence-electron chi connectivity index (χ0n) is 15.9. The lowest BCUT2D eigenvalue weighted by Crippen LogP contribution is -2.19. The van der Waals surface area contributed by atoms with E-state index in [9.17, 15) is 9.59 Å². The van der Waals surface area contributed by atoms with Crippen molar-refractivity contribution in [1.29, 1.82) is 0 Å². The van der Waals surface area contributed by atoms with Gasteiger partial charge in [-0.2, -0.15) is 5.10 Å². The number of aromatic nitrogens is 2. The van der Waals surface area contributed by atoms with E-state index < -0.39 is 0 Å². The van der Waals surface area contributed by atoms with Crippen LogP contribution in [0.2, 0.25) is 0 Å². The molecule has 0 radical (unpaired) electrons. The molecule has 2 N–H and O–H groups in total. The first-order valence-corrected chi connectivity index (χ1v) is 9.06. The Kier molecular flexibility index (Phi) is 7.69. The number of carbonyl (C=O) groups is 2. The van der Waals surface area contributed by atoms with E-state index in [1.54, 1.807) is 19.1 Å². The summed E-state index contributed by atoms with van der Waals surface area (Å²) in [4.78, 5) is 23.3. The molecule has 1 aromatic carbocycles. The Hall–Kier alpha value is -3.21. The number of methoxy groups -OCH3 is 3. The average Bonchev–Trinajstić information content (AvgIpc) is 3.13. The summed E-state index contributed by atoms with van der Waals surface area (Å²) in [6.07, 6.45) is 1.78. The van der Waals surface area contributed by atoms with E-state index in [1.165, 1.54) is 27.5 Å². The fraction of sp³-hybridized carbons (Fsp3) is 0.353. The molecule has 10 nitrogen and oxygen atoms in total. The summed E-state index contributed by atoms with van der Waals surface area (Å²) < 4.78 is 15.8. The third-order valence-corrected chi connectivity index (χ3v) is 4.27. The lowest BCUT2D eigenvalue weighted by Gasteiger charge is -2.12. The van der Waals surface area contributed by atoms with Crippen molar-refractivity contribution in [3.8, 4) is 17.2 Å². The van der Waals surface area contributed by atoms with E-state index in [4.69, 9.17) is 14.2 Å². The number of nitrogens with zero attached hydrogens (tertiary/aromatic N) is 3. The summed E-state index contributed by atoms with van der Waals surface area (Å²) in [6.45, 7) is 1.73. The highest BCUT2D eigenvalue weighted by atomic mass is 32.1. The van der Waals surface area contributed by atoms with Gasteiger partial charge >= 0.3 is 0 Å². The molecule has 2 rings (SSSR count). The minimum absolute atomic E-state index is 0.00768. The number of anilines is 1. The molecule has 0 unspecified atom stereocenters. The van der Waals surface area contributed by atoms with Crippen LogP contribution in [0.5, 0.6) is 17.2 Å². The van der Waals surface area contributed by atoms with Crippen LogP contribution in [0.25, 0.3) is 0 Å². The minimum Gasteiger partial charge on any atom is -0.493 e. The molecule has 0 saturated heterocycles. The topological polar surface area (TPSA) is 124 Å². The Labute approximate surface area is 165 Å². The van der Waals surface area contributed by atoms with Crippen LogP contribution in [-0.4, -0.2) is 49.6 Å². The van der Waals surface area contributed by atoms with Crippen LogP contribution in [0.15, 0.2) is 17.2 Å². The summed E-state index contributed by atoms with van der Waals surface area (Å²) in [7, 11) is 4.54. The van der Waals surface area contributed by atoms with Gasteiger partial charge in [0.15, 0.2) is 11.5 Å². The first-order valence-electron chi connectivity index (χ1n) is 8.24. The van der Waals surface area contributed by atoms with Gasteiger partial charge in [-0.15, -0.1) is 10.2 Å². The maximum atomic E-state index is 12.0. The molecule has 150 valence electrons. The van der Waals surface area contributed by atoms with Crippen LogP contribution >= 0.6 is 11.3 Å². The predicted molar refractivity (Wildman–Crippen MR) is 104 cm³/mol. The molecule has 0 aliphatic rings. The highest BCUT2D eigenvalue weighted by Gasteiger charge is 2.13. The lowest BCUT2D eigenvalue weighted by atomic mass is 10.2. The van der Waals surface area contributed by atoms with Crippen molar-refractivity contribution in [2.45, 2.75) is 19.8 Å². The maximum absolute atomic E-state index is 12.0. The van der Waals surface area contributed by atoms with E-state index in [0.717, 1.165) is 11.3 Å². The number of ether oxygens (including phenoxy) is 3. The zero-order valence-corrected chi connectivity index (χ0v) is 16.8. The van der Waals surface area contributed by atoms with E-state index in [-0.39, 0.29) is 18.2 Å². The summed E-state index contributed by atoms with van der Waals surface area (Å²) in [5.74, 6) is 0.888. The fourth-order valence-electron chi connectivity index (χ4n) is 2.11. The molecule has 2 amide bonds. The van der Waals surface area contributed by atoms with Crippen LogP contribution in [0, 0.1) is 0 Å². The van der Waals surface area contributed by atoms with Gasteiger partial charge in [-0.3, -0.25) is 9.59 Å². The Balaban J connectivity index is 1.97. The van der Waals surface area contributed by atoms with Crippen LogP contribution in [0.3, 0.4) is 0 Å². The number of rotatable bonds is 9. The summed E-state index contributed by atoms with van der Waals surface area (Å²) in [6, 6.07) is 3.40. The van der Waals surface area contributed by atoms with Crippen molar-refractivity contribution in [2.24, 2.45) is 5.10 Å². The number of hydrogen-bond donors (Lipinski definition) is 2. The number of nitrogens with one attached hydrogen (secondary N) is 2. The standard InChI is InChI=1S/C17H21N5O5S/c1-5-13(23)19-17-22-21-15(28-17)8-14(24)20-18-9-10-6-11(25-2)16(27-4)12(7-10)26-3/h6-7,9H,5,8H2,1-4H3,(H,20,24)(H,19,22,23). The summed E-state index contributed by atoms with van der Waals surface area (Å²) >= 11 is 1.13. The quantitative estimate of drug-likeness (QED) is 0.478. The van der Waals surface area contributed by atoms with Gasteiger partial charge in [0, 0.05) is 12.0 Å². The highest BCUT2D eigenvalue weighted by Crippen LogP contribution is 2.37. The summed E-state index contributed by atoms with van der Waals surface area (Å²) in [5.41, 5.74) is 3.06. The van der Waals surface area contributed by atoms with Crippen molar-refractivity contribution in [2.75, 3.05) is 26.6 Å². The molecule has 0 aliphatic heterocycles. The molecule has 0 fully saturated rings. The number of hydrazone groups is 1. The first kappa shape index (κ1) is 21.1. The van der Waals surface area contributed by atoms with Crippen molar-refractivity contribution in [3.05, 3.63) is 22.7 Å². The predicted octanol–water partition coefficient (Wildman–Crippen LogP) is 1.61. The number of carbonyl (C=O) groups excluding carboxylic acids is 2. The molecule has 0 spiro atoms. The van der Waals surface area contributed by atoms with Gasteiger partial charge in [0.2, 0.25) is 22.7 Å². The second-order valence-electron chi connectivity index (χ2n) is 5.33. The number of hydrogen-bond acceptors (Lipinski definition) is 9. The van der Waals surface area contributed by atoms with Gasteiger partial charge in [-0.25, -0.2) is 5.43 Å². The Morgan fingerprint density at radius 1 is 1.11 bits per heavy atom. The van der Waals surface area contributed by atoms with Gasteiger partial charge in [0.05, 0.1) is 34.0 Å². The Morgan fingerprint density at radius 2 is 1.79 bits per heavy atom. The Bertz CT molecular complexity index is 842. The fourth-order valence-corrected chi connectivity index (χ4v) is 2.87. The van der Waals surface area contributed by atoms with Gasteiger partial charge < -0.3 is 19.5 Å². The largest absolute Gasteiger partial charge is 0.493 e. The third kappa shape index (κ3) is 5.64. The molecule has 2 aromatic rings. The lowest BCUT2D eigenvalue weighted by molar-refractivity contribution is -0.120. The smallest absolute Gasteiger partial charge is 0.247 e. The molecule has 0 atom stereocenters. The average molecular weight is 407 g/mol. The van der Waals surface area contributed by atoms with Crippen LogP contribution in [0.1, 0.15) is 23.9 Å². The molecular formula is C17H21N5O5S. The van der Waals surface area contributed by atoms with Crippen molar-refractivity contribution in [1.82, 2.24) is 15.6 Å². The third-order valence-electron chi connectivity index (χ3n) is 3.44. The van der Waals surface area contributed by atoms with E-state index >= 15 is 0 Å². The number of amides is 2. The maximum Gasteiger partial charge on any atom is 0.247 e. The second kappa shape index (κ2) is 10.2. The molecule has 1 heterocycles. The molecular weight excluding hydrogens is 386 g/mol. The van der Waals surface area contributed by atoms with Crippen molar-refractivity contribution < 1.29 is 23.8 Å². The second-order valence-corrected chi connectivity index (χ2v) is 6.39. The van der Waals surface area contributed by atoms with Gasteiger partial charge in [-0.1, -0.05) is 18.3 Å². The molecule has 0 aliphatic carbocycles. The van der Waals surface area contributed by atoms with Crippen molar-refractivity contribution in [3.63, 3.8) is 0 Å². The molecule has 28 heavy (non-hydrogen) atoms. The molecule has 0 bridgehead atoms. The normalized spacial score (nSPS) is 10.6. The SMILES string of the molecule is CCC(=O)Nc1nnc(CC(=O)NN=Cc2cc(OC)c(OC)c(OC)c2)s1.